The van der Waals surface area contributed by atoms with E-state index in [1.54, 1.807) is 0 Å². The van der Waals surface area contributed by atoms with E-state index >= 15 is 0 Å². The van der Waals surface area contributed by atoms with Crippen molar-refractivity contribution in [3.63, 3.8) is 0 Å². The summed E-state index contributed by atoms with van der Waals surface area (Å²) in [4.78, 5) is 4.35. The van der Waals surface area contributed by atoms with Crippen molar-refractivity contribution < 1.29 is 0 Å². The summed E-state index contributed by atoms with van der Waals surface area (Å²) in [6, 6.07) is 2.80. The lowest BCUT2D eigenvalue weighted by molar-refractivity contribution is 0.264. The topological polar surface area (TPSA) is 24.9 Å². The monoisotopic (exact) mass is 310 g/mol. The van der Waals surface area contributed by atoms with E-state index in [1.165, 1.54) is 31.2 Å². The fourth-order valence-electron chi connectivity index (χ4n) is 2.84. The molecule has 2 unspecified atom stereocenters. The summed E-state index contributed by atoms with van der Waals surface area (Å²) in [5.41, 5.74) is 2.35. The van der Waals surface area contributed by atoms with Crippen LogP contribution in [0.5, 0.6) is 0 Å². The average Bonchev–Trinajstić information content (AvgIpc) is 2.34. The first-order chi connectivity index (χ1) is 8.56. The highest BCUT2D eigenvalue weighted by atomic mass is 79.9. The molecule has 0 spiro atoms. The number of halogens is 1. The normalized spacial score (nSPS) is 24.3. The second kappa shape index (κ2) is 6.05. The lowest BCUT2D eigenvalue weighted by Gasteiger charge is -2.32. The molecule has 1 heterocycles. The van der Waals surface area contributed by atoms with Gasteiger partial charge in [-0.15, -0.1) is 0 Å². The van der Waals surface area contributed by atoms with E-state index in [0.29, 0.717) is 6.04 Å². The molecule has 1 aromatic heterocycles. The third-order valence-electron chi connectivity index (χ3n) is 4.04. The molecule has 1 aromatic rings. The first kappa shape index (κ1) is 13.9. The van der Waals surface area contributed by atoms with Crippen molar-refractivity contribution in [2.24, 2.45) is 11.8 Å². The van der Waals surface area contributed by atoms with Crippen molar-refractivity contribution in [2.45, 2.75) is 52.5 Å². The Morgan fingerprint density at radius 3 is 2.83 bits per heavy atom. The van der Waals surface area contributed by atoms with E-state index in [2.05, 4.69) is 53.1 Å². The van der Waals surface area contributed by atoms with Gasteiger partial charge in [-0.2, -0.15) is 0 Å². The predicted molar refractivity (Wildman–Crippen MR) is 80.9 cm³/mol. The Bertz CT molecular complexity index is 403. The van der Waals surface area contributed by atoms with Crippen LogP contribution >= 0.6 is 15.9 Å². The molecule has 0 radical (unpaired) electrons. The third-order valence-corrected chi connectivity index (χ3v) is 4.87. The van der Waals surface area contributed by atoms with Crippen LogP contribution in [0.1, 0.15) is 45.1 Å². The summed E-state index contributed by atoms with van der Waals surface area (Å²) in [6.07, 6.45) is 7.26. The van der Waals surface area contributed by atoms with Crippen LogP contribution in [0, 0.1) is 18.8 Å². The average molecular weight is 311 g/mol. The highest BCUT2D eigenvalue weighted by Gasteiger charge is 2.24. The molecular formula is C15H23BrN2. The SMILES string of the molecule is Cc1cc(NC2CCCC(C(C)C)C2)cnc1Br. The fraction of sp³-hybridized carbons (Fsp3) is 0.667. The largest absolute Gasteiger partial charge is 0.381 e. The Labute approximate surface area is 119 Å². The Hall–Kier alpha value is -0.570. The Balaban J connectivity index is 1.98. The third kappa shape index (κ3) is 3.47. The van der Waals surface area contributed by atoms with E-state index in [1.807, 2.05) is 6.20 Å². The first-order valence-electron chi connectivity index (χ1n) is 6.95. The Morgan fingerprint density at radius 2 is 2.17 bits per heavy atom. The molecule has 18 heavy (non-hydrogen) atoms. The maximum Gasteiger partial charge on any atom is 0.109 e. The van der Waals surface area contributed by atoms with Gasteiger partial charge >= 0.3 is 0 Å². The number of rotatable bonds is 3. The van der Waals surface area contributed by atoms with Gasteiger partial charge in [0.15, 0.2) is 0 Å². The van der Waals surface area contributed by atoms with Crippen molar-refractivity contribution in [1.82, 2.24) is 4.98 Å². The summed E-state index contributed by atoms with van der Waals surface area (Å²) in [5, 5.41) is 3.65. The molecule has 1 aliphatic carbocycles. The molecule has 0 amide bonds. The van der Waals surface area contributed by atoms with Crippen molar-refractivity contribution in [3.8, 4) is 0 Å². The quantitative estimate of drug-likeness (QED) is 0.813. The van der Waals surface area contributed by atoms with Crippen LogP contribution in [0.2, 0.25) is 0 Å². The molecule has 100 valence electrons. The standard InChI is InChI=1S/C15H23BrN2/c1-10(2)12-5-4-6-13(8-12)18-14-7-11(3)15(16)17-9-14/h7,9-10,12-13,18H,4-6,8H2,1-3H3. The van der Waals surface area contributed by atoms with Crippen LogP contribution < -0.4 is 5.32 Å². The summed E-state index contributed by atoms with van der Waals surface area (Å²) < 4.78 is 0.941. The first-order valence-corrected chi connectivity index (χ1v) is 7.74. The van der Waals surface area contributed by atoms with Crippen LogP contribution in [-0.4, -0.2) is 11.0 Å². The molecule has 3 heteroatoms. The van der Waals surface area contributed by atoms with Crippen molar-refractivity contribution >= 4 is 21.6 Å². The number of aromatic nitrogens is 1. The number of nitrogens with zero attached hydrogens (tertiary/aromatic N) is 1. The predicted octanol–water partition coefficient (Wildman–Crippen LogP) is 4.78. The van der Waals surface area contributed by atoms with Crippen molar-refractivity contribution in [2.75, 3.05) is 5.32 Å². The van der Waals surface area contributed by atoms with Gasteiger partial charge in [-0.3, -0.25) is 0 Å². The van der Waals surface area contributed by atoms with E-state index < -0.39 is 0 Å². The molecule has 0 saturated heterocycles. The molecule has 1 fully saturated rings. The van der Waals surface area contributed by atoms with Gasteiger partial charge in [-0.25, -0.2) is 4.98 Å². The maximum absolute atomic E-state index is 4.35. The minimum atomic E-state index is 0.619. The lowest BCUT2D eigenvalue weighted by atomic mass is 9.79. The lowest BCUT2D eigenvalue weighted by Crippen LogP contribution is -2.29. The van der Waals surface area contributed by atoms with Crippen LogP contribution in [0.4, 0.5) is 5.69 Å². The highest BCUT2D eigenvalue weighted by molar-refractivity contribution is 9.10. The van der Waals surface area contributed by atoms with E-state index in [0.717, 1.165) is 22.1 Å². The molecule has 0 aliphatic heterocycles. The van der Waals surface area contributed by atoms with Gasteiger partial charge in [0.2, 0.25) is 0 Å². The second-order valence-electron chi connectivity index (χ2n) is 5.84. The molecule has 0 bridgehead atoms. The van der Waals surface area contributed by atoms with Gasteiger partial charge in [0, 0.05) is 6.04 Å². The van der Waals surface area contributed by atoms with Crippen LogP contribution in [-0.2, 0) is 0 Å². The zero-order valence-electron chi connectivity index (χ0n) is 11.5. The minimum Gasteiger partial charge on any atom is -0.381 e. The second-order valence-corrected chi connectivity index (χ2v) is 6.59. The maximum atomic E-state index is 4.35. The molecule has 0 aromatic carbocycles. The smallest absolute Gasteiger partial charge is 0.109 e. The Kier molecular flexibility index (Phi) is 4.66. The van der Waals surface area contributed by atoms with Gasteiger partial charge in [0.1, 0.15) is 4.60 Å². The number of nitrogens with one attached hydrogen (secondary N) is 1. The summed E-state index contributed by atoms with van der Waals surface area (Å²) in [6.45, 7) is 6.77. The molecule has 1 saturated carbocycles. The van der Waals surface area contributed by atoms with Gasteiger partial charge in [0.25, 0.3) is 0 Å². The van der Waals surface area contributed by atoms with Gasteiger partial charge in [0.05, 0.1) is 11.9 Å². The fourth-order valence-corrected chi connectivity index (χ4v) is 3.05. The van der Waals surface area contributed by atoms with Crippen molar-refractivity contribution in [3.05, 3.63) is 22.4 Å². The van der Waals surface area contributed by atoms with Gasteiger partial charge in [-0.05, 0) is 59.2 Å². The summed E-state index contributed by atoms with van der Waals surface area (Å²) in [7, 11) is 0. The number of aryl methyl sites for hydroxylation is 1. The molecule has 2 nitrogen and oxygen atoms in total. The van der Waals surface area contributed by atoms with Gasteiger partial charge in [-0.1, -0.05) is 26.7 Å². The van der Waals surface area contributed by atoms with Crippen molar-refractivity contribution in [1.29, 1.82) is 0 Å². The minimum absolute atomic E-state index is 0.619. The zero-order chi connectivity index (χ0) is 13.1. The van der Waals surface area contributed by atoms with Crippen LogP contribution in [0.15, 0.2) is 16.9 Å². The van der Waals surface area contributed by atoms with Crippen LogP contribution in [0.3, 0.4) is 0 Å². The van der Waals surface area contributed by atoms with Gasteiger partial charge < -0.3 is 5.32 Å². The number of pyridine rings is 1. The zero-order valence-corrected chi connectivity index (χ0v) is 13.1. The van der Waals surface area contributed by atoms with E-state index in [-0.39, 0.29) is 0 Å². The molecule has 2 rings (SSSR count). The molecule has 1 aliphatic rings. The summed E-state index contributed by atoms with van der Waals surface area (Å²) in [5.74, 6) is 1.68. The van der Waals surface area contributed by atoms with E-state index in [4.69, 9.17) is 0 Å². The molecule has 2 atom stereocenters. The molecular weight excluding hydrogens is 288 g/mol. The summed E-state index contributed by atoms with van der Waals surface area (Å²) >= 11 is 3.44. The number of anilines is 1. The number of hydrogen-bond acceptors (Lipinski definition) is 2. The molecule has 1 N–H and O–H groups in total. The highest BCUT2D eigenvalue weighted by Crippen LogP contribution is 2.31. The van der Waals surface area contributed by atoms with E-state index in [9.17, 15) is 0 Å². The Morgan fingerprint density at radius 1 is 1.39 bits per heavy atom. The van der Waals surface area contributed by atoms with Crippen LogP contribution in [0.25, 0.3) is 0 Å². The number of hydrogen-bond donors (Lipinski definition) is 1.